The first-order valence-electron chi connectivity index (χ1n) is 9.17. The Balaban J connectivity index is 1.75. The Bertz CT molecular complexity index is 968. The van der Waals surface area contributed by atoms with Crippen molar-refractivity contribution in [3.05, 3.63) is 75.3 Å². The van der Waals surface area contributed by atoms with E-state index in [9.17, 15) is 4.79 Å². The third-order valence-corrected chi connectivity index (χ3v) is 5.95. The van der Waals surface area contributed by atoms with Crippen molar-refractivity contribution >= 4 is 39.7 Å². The number of nitrogens with zero attached hydrogens (tertiary/aromatic N) is 2. The highest BCUT2D eigenvalue weighted by atomic mass is 35.5. The summed E-state index contributed by atoms with van der Waals surface area (Å²) in [6.07, 6.45) is 0. The summed E-state index contributed by atoms with van der Waals surface area (Å²) < 4.78 is 0. The first kappa shape index (κ1) is 20.5. The van der Waals surface area contributed by atoms with Crippen LogP contribution in [0.5, 0.6) is 0 Å². The summed E-state index contributed by atoms with van der Waals surface area (Å²) in [6, 6.07) is 14.0. The fourth-order valence-electron chi connectivity index (χ4n) is 2.99. The van der Waals surface area contributed by atoms with E-state index in [1.54, 1.807) is 11.8 Å². The van der Waals surface area contributed by atoms with Crippen molar-refractivity contribution in [3.8, 4) is 0 Å². The van der Waals surface area contributed by atoms with Gasteiger partial charge in [0, 0.05) is 29.9 Å². The predicted octanol–water partition coefficient (Wildman–Crippen LogP) is 5.95. The molecule has 4 nitrogen and oxygen atoms in total. The Labute approximate surface area is 175 Å². The lowest BCUT2D eigenvalue weighted by molar-refractivity contribution is -0.115. The number of amides is 1. The number of carbonyl (C=O) groups excluding carboxylic acids is 1. The summed E-state index contributed by atoms with van der Waals surface area (Å²) in [6.45, 7) is 8.38. The first-order valence-corrected chi connectivity index (χ1v) is 10.4. The van der Waals surface area contributed by atoms with Crippen LogP contribution in [-0.4, -0.2) is 10.9 Å². The molecule has 0 fully saturated rings. The maximum Gasteiger partial charge on any atom is 0.230 e. The second kappa shape index (κ2) is 8.86. The summed E-state index contributed by atoms with van der Waals surface area (Å²) in [5, 5.41) is 6.90. The van der Waals surface area contributed by atoms with Gasteiger partial charge < -0.3 is 5.32 Å². The lowest BCUT2D eigenvalue weighted by atomic mass is 10.1. The standard InChI is InChI=1S/C22H24ClN3OS/c1-14-6-5-7-21(15(14)2)26(17(4)27)22-25-20(13-28-22)12-24-16(3)18-8-10-19(23)11-9-18/h5-11,13,16,24H,12H2,1-4H3/t16-/m0/s1. The van der Waals surface area contributed by atoms with Crippen molar-refractivity contribution < 1.29 is 4.79 Å². The number of hydrogen-bond acceptors (Lipinski definition) is 4. The number of carbonyl (C=O) groups is 1. The molecule has 1 N–H and O–H groups in total. The minimum Gasteiger partial charge on any atom is -0.305 e. The minimum atomic E-state index is -0.0444. The molecule has 0 unspecified atom stereocenters. The van der Waals surface area contributed by atoms with Crippen molar-refractivity contribution in [1.82, 2.24) is 10.3 Å². The maximum absolute atomic E-state index is 12.4. The van der Waals surface area contributed by atoms with E-state index in [1.807, 2.05) is 61.7 Å². The monoisotopic (exact) mass is 413 g/mol. The number of aryl methyl sites for hydroxylation is 1. The quantitative estimate of drug-likeness (QED) is 0.543. The highest BCUT2D eigenvalue weighted by Gasteiger charge is 2.20. The number of halogens is 1. The summed E-state index contributed by atoms with van der Waals surface area (Å²) in [7, 11) is 0. The number of rotatable bonds is 6. The van der Waals surface area contributed by atoms with Gasteiger partial charge in [-0.3, -0.25) is 9.69 Å². The average molecular weight is 414 g/mol. The van der Waals surface area contributed by atoms with Crippen molar-refractivity contribution in [2.24, 2.45) is 0 Å². The summed E-state index contributed by atoms with van der Waals surface area (Å²) in [5.41, 5.74) is 5.21. The number of benzene rings is 2. The SMILES string of the molecule is CC(=O)N(c1nc(CN[C@@H](C)c2ccc(Cl)cc2)cs1)c1cccc(C)c1C. The number of anilines is 2. The van der Waals surface area contributed by atoms with Crippen LogP contribution in [0.1, 0.15) is 42.3 Å². The topological polar surface area (TPSA) is 45.2 Å². The Hall–Kier alpha value is -2.21. The van der Waals surface area contributed by atoms with Gasteiger partial charge in [-0.15, -0.1) is 11.3 Å². The lowest BCUT2D eigenvalue weighted by Gasteiger charge is -2.21. The Kier molecular flexibility index (Phi) is 6.50. The molecule has 0 aliphatic heterocycles. The molecular formula is C22H24ClN3OS. The second-order valence-electron chi connectivity index (χ2n) is 6.85. The van der Waals surface area contributed by atoms with E-state index in [0.717, 1.165) is 27.5 Å². The molecule has 0 radical (unpaired) electrons. The van der Waals surface area contributed by atoms with E-state index in [0.29, 0.717) is 11.7 Å². The number of thiazole rings is 1. The molecule has 0 saturated carbocycles. The smallest absolute Gasteiger partial charge is 0.230 e. The molecule has 1 atom stereocenters. The molecule has 1 aromatic heterocycles. The van der Waals surface area contributed by atoms with Gasteiger partial charge in [-0.1, -0.05) is 35.9 Å². The van der Waals surface area contributed by atoms with E-state index in [2.05, 4.69) is 12.2 Å². The van der Waals surface area contributed by atoms with Gasteiger partial charge in [0.15, 0.2) is 5.13 Å². The summed E-state index contributed by atoms with van der Waals surface area (Å²) in [5.74, 6) is -0.0444. The van der Waals surface area contributed by atoms with Crippen LogP contribution < -0.4 is 10.2 Å². The maximum atomic E-state index is 12.4. The molecule has 28 heavy (non-hydrogen) atoms. The molecule has 0 aliphatic rings. The predicted molar refractivity (Wildman–Crippen MR) is 118 cm³/mol. The van der Waals surface area contributed by atoms with Gasteiger partial charge in [-0.2, -0.15) is 0 Å². The van der Waals surface area contributed by atoms with Gasteiger partial charge in [-0.05, 0) is 55.7 Å². The van der Waals surface area contributed by atoms with Crippen LogP contribution >= 0.6 is 22.9 Å². The minimum absolute atomic E-state index is 0.0444. The zero-order valence-electron chi connectivity index (χ0n) is 16.5. The Morgan fingerprint density at radius 3 is 2.61 bits per heavy atom. The number of aromatic nitrogens is 1. The fourth-order valence-corrected chi connectivity index (χ4v) is 4.00. The van der Waals surface area contributed by atoms with Crippen LogP contribution in [-0.2, 0) is 11.3 Å². The molecule has 0 spiro atoms. The van der Waals surface area contributed by atoms with Gasteiger partial charge in [0.2, 0.25) is 5.91 Å². The van der Waals surface area contributed by atoms with E-state index in [-0.39, 0.29) is 11.9 Å². The molecular weight excluding hydrogens is 390 g/mol. The fraction of sp³-hybridized carbons (Fsp3) is 0.273. The van der Waals surface area contributed by atoms with Crippen LogP contribution in [0, 0.1) is 13.8 Å². The molecule has 1 amide bonds. The summed E-state index contributed by atoms with van der Waals surface area (Å²) >= 11 is 7.44. The van der Waals surface area contributed by atoms with Gasteiger partial charge in [0.05, 0.1) is 11.4 Å². The molecule has 146 valence electrons. The van der Waals surface area contributed by atoms with Crippen molar-refractivity contribution in [1.29, 1.82) is 0 Å². The van der Waals surface area contributed by atoms with Crippen molar-refractivity contribution in [2.75, 3.05) is 4.90 Å². The van der Waals surface area contributed by atoms with Crippen LogP contribution in [0.2, 0.25) is 5.02 Å². The van der Waals surface area contributed by atoms with E-state index in [4.69, 9.17) is 16.6 Å². The third kappa shape index (κ3) is 4.61. The molecule has 0 aliphatic carbocycles. The molecule has 3 aromatic rings. The van der Waals surface area contributed by atoms with Crippen molar-refractivity contribution in [3.63, 3.8) is 0 Å². The lowest BCUT2D eigenvalue weighted by Crippen LogP contribution is -2.24. The average Bonchev–Trinajstić information content (AvgIpc) is 3.12. The van der Waals surface area contributed by atoms with E-state index in [1.165, 1.54) is 16.9 Å². The van der Waals surface area contributed by atoms with Crippen LogP contribution in [0.25, 0.3) is 0 Å². The molecule has 6 heteroatoms. The largest absolute Gasteiger partial charge is 0.305 e. The van der Waals surface area contributed by atoms with Crippen LogP contribution in [0.15, 0.2) is 47.8 Å². The van der Waals surface area contributed by atoms with E-state index >= 15 is 0 Å². The Morgan fingerprint density at radius 2 is 1.93 bits per heavy atom. The highest BCUT2D eigenvalue weighted by molar-refractivity contribution is 7.14. The normalized spacial score (nSPS) is 12.0. The highest BCUT2D eigenvalue weighted by Crippen LogP contribution is 2.32. The van der Waals surface area contributed by atoms with Crippen LogP contribution in [0.4, 0.5) is 10.8 Å². The molecule has 0 saturated heterocycles. The van der Waals surface area contributed by atoms with Gasteiger partial charge in [0.1, 0.15) is 0 Å². The zero-order valence-corrected chi connectivity index (χ0v) is 18.1. The molecule has 1 heterocycles. The van der Waals surface area contributed by atoms with Crippen LogP contribution in [0.3, 0.4) is 0 Å². The molecule has 2 aromatic carbocycles. The molecule has 0 bridgehead atoms. The third-order valence-electron chi connectivity index (χ3n) is 4.82. The van der Waals surface area contributed by atoms with Gasteiger partial charge in [0.25, 0.3) is 0 Å². The second-order valence-corrected chi connectivity index (χ2v) is 8.12. The molecule has 3 rings (SSSR count). The Morgan fingerprint density at radius 1 is 1.21 bits per heavy atom. The zero-order chi connectivity index (χ0) is 20.3. The van der Waals surface area contributed by atoms with E-state index < -0.39 is 0 Å². The van der Waals surface area contributed by atoms with Crippen molar-refractivity contribution in [2.45, 2.75) is 40.3 Å². The number of nitrogens with one attached hydrogen (secondary N) is 1. The van der Waals surface area contributed by atoms with Gasteiger partial charge in [-0.25, -0.2) is 4.98 Å². The summed E-state index contributed by atoms with van der Waals surface area (Å²) in [4.78, 5) is 18.8. The van der Waals surface area contributed by atoms with Gasteiger partial charge >= 0.3 is 0 Å². The number of hydrogen-bond donors (Lipinski definition) is 1. The first-order chi connectivity index (χ1) is 13.4.